The third kappa shape index (κ3) is 3.50. The summed E-state index contributed by atoms with van der Waals surface area (Å²) in [6.07, 6.45) is 0.810. The summed E-state index contributed by atoms with van der Waals surface area (Å²) in [5.41, 5.74) is 0.603. The van der Waals surface area contributed by atoms with Crippen LogP contribution in [0.4, 0.5) is 0 Å². The van der Waals surface area contributed by atoms with Crippen molar-refractivity contribution in [3.8, 4) is 0 Å². The van der Waals surface area contributed by atoms with Crippen molar-refractivity contribution >= 4 is 27.3 Å². The van der Waals surface area contributed by atoms with E-state index >= 15 is 0 Å². The summed E-state index contributed by atoms with van der Waals surface area (Å²) in [6, 6.07) is 0. The Morgan fingerprint density at radius 3 is 2.67 bits per heavy atom. The van der Waals surface area contributed by atoms with Gasteiger partial charge >= 0.3 is 5.97 Å². The Kier molecular flexibility index (Phi) is 4.46. The summed E-state index contributed by atoms with van der Waals surface area (Å²) < 4.78 is 26.1. The van der Waals surface area contributed by atoms with E-state index in [1.54, 1.807) is 0 Å². The molecule has 0 aliphatic rings. The highest BCUT2D eigenvalue weighted by atomic mass is 32.2. The maximum absolute atomic E-state index is 12.0. The van der Waals surface area contributed by atoms with Gasteiger partial charge in [0.2, 0.25) is 0 Å². The molecular weight excluding hydrogens is 276 g/mol. The lowest BCUT2D eigenvalue weighted by molar-refractivity contribution is 0.0687. The highest BCUT2D eigenvalue weighted by Crippen LogP contribution is 2.22. The van der Waals surface area contributed by atoms with Gasteiger partial charge in [-0.15, -0.1) is 11.3 Å². The van der Waals surface area contributed by atoms with E-state index in [1.807, 2.05) is 20.8 Å². The fourth-order valence-corrected chi connectivity index (χ4v) is 3.47. The van der Waals surface area contributed by atoms with Crippen molar-refractivity contribution < 1.29 is 18.3 Å². The molecule has 0 amide bonds. The summed E-state index contributed by atoms with van der Waals surface area (Å²) in [5.74, 6) is -1.34. The van der Waals surface area contributed by atoms with Crippen LogP contribution in [0.3, 0.4) is 0 Å². The van der Waals surface area contributed by atoms with E-state index in [1.165, 1.54) is 5.51 Å². The molecule has 1 aromatic rings. The van der Waals surface area contributed by atoms with E-state index in [4.69, 9.17) is 5.11 Å². The minimum absolute atomic E-state index is 0.179. The number of aromatic nitrogens is 1. The topological polar surface area (TPSA) is 96.4 Å². The maximum atomic E-state index is 12.0. The van der Waals surface area contributed by atoms with Crippen LogP contribution in [0.5, 0.6) is 0 Å². The van der Waals surface area contributed by atoms with Gasteiger partial charge in [-0.2, -0.15) is 0 Å². The van der Waals surface area contributed by atoms with Gasteiger partial charge in [0, 0.05) is 6.54 Å². The molecule has 2 N–H and O–H groups in total. The molecule has 0 atom stereocenters. The van der Waals surface area contributed by atoms with Gasteiger partial charge < -0.3 is 5.11 Å². The van der Waals surface area contributed by atoms with Gasteiger partial charge in [0.05, 0.1) is 5.51 Å². The van der Waals surface area contributed by atoms with Crippen molar-refractivity contribution in [3.63, 3.8) is 0 Å². The Balaban J connectivity index is 2.94. The smallest absolute Gasteiger partial charge is 0.356 e. The molecule has 6 nitrogen and oxygen atoms in total. The zero-order valence-corrected chi connectivity index (χ0v) is 12.1. The number of carboxylic acids is 1. The summed E-state index contributed by atoms with van der Waals surface area (Å²) in [6.45, 7) is 6.08. The van der Waals surface area contributed by atoms with E-state index in [0.717, 1.165) is 17.8 Å². The largest absolute Gasteiger partial charge is 0.476 e. The van der Waals surface area contributed by atoms with Crippen LogP contribution in [0.2, 0.25) is 0 Å². The molecule has 0 unspecified atom stereocenters. The van der Waals surface area contributed by atoms with Gasteiger partial charge in [-0.05, 0) is 11.8 Å². The van der Waals surface area contributed by atoms with Crippen molar-refractivity contribution in [1.82, 2.24) is 9.71 Å². The summed E-state index contributed by atoms with van der Waals surface area (Å²) in [7, 11) is -3.81. The number of aromatic carboxylic acids is 1. The van der Waals surface area contributed by atoms with Crippen LogP contribution in [0.15, 0.2) is 9.72 Å². The number of rotatable bonds is 6. The molecule has 18 heavy (non-hydrogen) atoms. The summed E-state index contributed by atoms with van der Waals surface area (Å²) in [4.78, 5) is 14.4. The first-order chi connectivity index (χ1) is 8.19. The Hall–Kier alpha value is -0.990. The fourth-order valence-electron chi connectivity index (χ4n) is 1.05. The number of nitrogens with one attached hydrogen (secondary N) is 1. The van der Waals surface area contributed by atoms with Crippen LogP contribution in [-0.2, 0) is 10.0 Å². The van der Waals surface area contributed by atoms with Crippen molar-refractivity contribution in [1.29, 1.82) is 0 Å². The van der Waals surface area contributed by atoms with Gasteiger partial charge in [-0.3, -0.25) is 0 Å². The highest BCUT2D eigenvalue weighted by Gasteiger charge is 2.27. The predicted octanol–water partition coefficient (Wildman–Crippen LogP) is 1.56. The maximum Gasteiger partial charge on any atom is 0.356 e. The second-order valence-electron chi connectivity index (χ2n) is 4.64. The number of thiazole rings is 1. The first-order valence-electron chi connectivity index (χ1n) is 5.36. The van der Waals surface area contributed by atoms with Gasteiger partial charge in [0.1, 0.15) is 0 Å². The van der Waals surface area contributed by atoms with Gasteiger partial charge in [0.15, 0.2) is 9.90 Å². The standard InChI is InChI=1S/C10H16N2O4S2/c1-4-10(2,3)5-12-18(15,16)9-7(8(13)14)11-6-17-9/h6,12H,4-5H2,1-3H3,(H,13,14). The zero-order chi connectivity index (χ0) is 14.0. The molecule has 0 bridgehead atoms. The van der Waals surface area contributed by atoms with E-state index in [0.29, 0.717) is 0 Å². The first kappa shape index (κ1) is 15.1. The molecule has 1 aromatic heterocycles. The Morgan fingerprint density at radius 1 is 1.56 bits per heavy atom. The Bertz CT molecular complexity index is 534. The molecule has 0 aliphatic carbocycles. The van der Waals surface area contributed by atoms with Crippen molar-refractivity contribution in [2.75, 3.05) is 6.54 Å². The number of carboxylic acid groups (broad SMARTS) is 1. The van der Waals surface area contributed by atoms with Crippen molar-refractivity contribution in [3.05, 3.63) is 11.2 Å². The van der Waals surface area contributed by atoms with Crippen molar-refractivity contribution in [2.24, 2.45) is 5.41 Å². The van der Waals surface area contributed by atoms with Crippen molar-refractivity contribution in [2.45, 2.75) is 31.4 Å². The molecule has 0 spiro atoms. The van der Waals surface area contributed by atoms with Crippen LogP contribution in [0, 0.1) is 5.41 Å². The lowest BCUT2D eigenvalue weighted by Crippen LogP contribution is -2.33. The monoisotopic (exact) mass is 292 g/mol. The average molecular weight is 292 g/mol. The summed E-state index contributed by atoms with van der Waals surface area (Å²) in [5, 5.41) is 8.84. The number of carbonyl (C=O) groups is 1. The molecule has 1 heterocycles. The third-order valence-corrected chi connectivity index (χ3v) is 5.45. The van der Waals surface area contributed by atoms with Crippen LogP contribution in [0.1, 0.15) is 37.7 Å². The molecule has 0 fully saturated rings. The van der Waals surface area contributed by atoms with E-state index in [2.05, 4.69) is 9.71 Å². The molecule has 8 heteroatoms. The van der Waals surface area contributed by atoms with Gasteiger partial charge in [0.25, 0.3) is 10.0 Å². The number of nitrogens with zero attached hydrogens (tertiary/aromatic N) is 1. The fraction of sp³-hybridized carbons (Fsp3) is 0.600. The molecular formula is C10H16N2O4S2. The minimum atomic E-state index is -3.81. The van der Waals surface area contributed by atoms with Crippen LogP contribution in [-0.4, -0.2) is 31.0 Å². The molecule has 1 rings (SSSR count). The highest BCUT2D eigenvalue weighted by molar-refractivity contribution is 7.91. The van der Waals surface area contributed by atoms with E-state index in [9.17, 15) is 13.2 Å². The lowest BCUT2D eigenvalue weighted by Gasteiger charge is -2.22. The van der Waals surface area contributed by atoms with Crippen LogP contribution >= 0.6 is 11.3 Å². The molecule has 0 aliphatic heterocycles. The van der Waals surface area contributed by atoms with Crippen LogP contribution < -0.4 is 4.72 Å². The quantitative estimate of drug-likeness (QED) is 0.829. The normalized spacial score (nSPS) is 12.6. The minimum Gasteiger partial charge on any atom is -0.476 e. The number of sulfonamides is 1. The third-order valence-electron chi connectivity index (χ3n) is 2.68. The molecule has 0 saturated heterocycles. The molecule has 0 radical (unpaired) electrons. The number of hydrogen-bond acceptors (Lipinski definition) is 5. The molecule has 0 saturated carbocycles. The first-order valence-corrected chi connectivity index (χ1v) is 7.72. The van der Waals surface area contributed by atoms with E-state index < -0.39 is 21.7 Å². The summed E-state index contributed by atoms with van der Waals surface area (Å²) >= 11 is 0.801. The Labute approximate surface area is 110 Å². The zero-order valence-electron chi connectivity index (χ0n) is 10.4. The van der Waals surface area contributed by atoms with Gasteiger partial charge in [-0.25, -0.2) is 22.9 Å². The van der Waals surface area contributed by atoms with Gasteiger partial charge in [-0.1, -0.05) is 20.8 Å². The van der Waals surface area contributed by atoms with Crippen LogP contribution in [0.25, 0.3) is 0 Å². The average Bonchev–Trinajstić information content (AvgIpc) is 2.76. The molecule has 0 aromatic carbocycles. The predicted molar refractivity (Wildman–Crippen MR) is 68.3 cm³/mol. The SMILES string of the molecule is CCC(C)(C)CNS(=O)(=O)c1scnc1C(=O)O. The lowest BCUT2D eigenvalue weighted by atomic mass is 9.91. The van der Waals surface area contributed by atoms with E-state index in [-0.39, 0.29) is 16.2 Å². The Morgan fingerprint density at radius 2 is 2.17 bits per heavy atom. The second-order valence-corrected chi connectivity index (χ2v) is 7.45. The number of hydrogen-bond donors (Lipinski definition) is 2. The second kappa shape index (κ2) is 5.33. The molecule has 102 valence electrons.